The van der Waals surface area contributed by atoms with Crippen molar-refractivity contribution in [2.75, 3.05) is 13.2 Å². The maximum absolute atomic E-state index is 11.7. The van der Waals surface area contributed by atoms with Gasteiger partial charge in [0.25, 0.3) is 5.56 Å². The Morgan fingerprint density at radius 2 is 1.69 bits per heavy atom. The number of aliphatic hydroxyl groups excluding tert-OH is 1. The van der Waals surface area contributed by atoms with Crippen LogP contribution in [0, 0.1) is 13.8 Å². The van der Waals surface area contributed by atoms with Gasteiger partial charge in [0.1, 0.15) is 0 Å². The summed E-state index contributed by atoms with van der Waals surface area (Å²) in [7, 11) is 0. The molecular weight excluding hydrogens is 456 g/mol. The number of carbonyl (C=O) groups is 2. The van der Waals surface area contributed by atoms with Gasteiger partial charge in [-0.3, -0.25) is 14.4 Å². The number of Topliss-reactive ketones (excluding diaryl/α,β-unsaturated/α-hetero) is 1. The van der Waals surface area contributed by atoms with Crippen LogP contribution in [0.2, 0.25) is 0 Å². The molecule has 3 aromatic rings. The zero-order valence-corrected chi connectivity index (χ0v) is 21.4. The molecule has 0 saturated heterocycles. The number of benzene rings is 2. The van der Waals surface area contributed by atoms with Crippen molar-refractivity contribution in [3.63, 3.8) is 0 Å². The maximum Gasteiger partial charge on any atom is 0.310 e. The van der Waals surface area contributed by atoms with E-state index in [1.165, 1.54) is 10.7 Å². The fourth-order valence-electron chi connectivity index (χ4n) is 3.59. The van der Waals surface area contributed by atoms with E-state index in [0.717, 1.165) is 47.2 Å². The van der Waals surface area contributed by atoms with Crippen LogP contribution in [0.3, 0.4) is 0 Å². The van der Waals surface area contributed by atoms with E-state index in [1.807, 2.05) is 62.4 Å². The molecule has 7 heteroatoms. The number of aliphatic hydroxyl groups is 1. The van der Waals surface area contributed by atoms with E-state index in [-0.39, 0.29) is 30.3 Å². The summed E-state index contributed by atoms with van der Waals surface area (Å²) in [6, 6.07) is 18.4. The first-order valence-corrected chi connectivity index (χ1v) is 12.3. The molecule has 7 nitrogen and oxygen atoms in total. The van der Waals surface area contributed by atoms with Crippen LogP contribution in [-0.4, -0.2) is 39.9 Å². The van der Waals surface area contributed by atoms with Gasteiger partial charge in [-0.2, -0.15) is 5.10 Å². The summed E-state index contributed by atoms with van der Waals surface area (Å²) < 4.78 is 6.35. The monoisotopic (exact) mass is 492 g/mol. The van der Waals surface area contributed by atoms with E-state index >= 15 is 0 Å². The number of ether oxygens (including phenoxy) is 1. The van der Waals surface area contributed by atoms with Gasteiger partial charge in [-0.05, 0) is 56.9 Å². The number of hydrogen-bond donors (Lipinski definition) is 1. The van der Waals surface area contributed by atoms with E-state index < -0.39 is 0 Å². The summed E-state index contributed by atoms with van der Waals surface area (Å²) in [4.78, 5) is 34.9. The first-order valence-electron chi connectivity index (χ1n) is 12.3. The standard InChI is InChI=1S/C16H18N2O3.C13H18O2/c1-3-21-16(20)10-13-5-4-6-14(9-13)11-18-15(19)8-7-12(2)17-18;1-11-6-5-7-12(10-11)13(15)8-3-2-4-9-14/h4-9H,3,10-11H2,1-2H3;5-7,10,14H,2-4,8-9H2,1H3. The second-order valence-corrected chi connectivity index (χ2v) is 8.60. The molecule has 0 spiro atoms. The smallest absolute Gasteiger partial charge is 0.310 e. The predicted molar refractivity (Wildman–Crippen MR) is 140 cm³/mol. The highest BCUT2D eigenvalue weighted by Gasteiger charge is 2.06. The summed E-state index contributed by atoms with van der Waals surface area (Å²) in [6.07, 6.45) is 3.41. The average molecular weight is 493 g/mol. The molecule has 1 heterocycles. The number of esters is 1. The van der Waals surface area contributed by atoms with Crippen LogP contribution >= 0.6 is 0 Å². The van der Waals surface area contributed by atoms with Crippen molar-refractivity contribution in [1.82, 2.24) is 9.78 Å². The zero-order chi connectivity index (χ0) is 26.3. The minimum atomic E-state index is -0.250. The Kier molecular flexibility index (Phi) is 12.3. The van der Waals surface area contributed by atoms with Crippen LogP contribution in [0.25, 0.3) is 0 Å². The molecule has 0 aliphatic rings. The van der Waals surface area contributed by atoms with Gasteiger partial charge >= 0.3 is 5.97 Å². The second-order valence-electron chi connectivity index (χ2n) is 8.60. The molecular formula is C29H36N2O5. The van der Waals surface area contributed by atoms with E-state index in [0.29, 0.717) is 19.6 Å². The lowest BCUT2D eigenvalue weighted by Gasteiger charge is -2.07. The third-order valence-electron chi connectivity index (χ3n) is 5.38. The molecule has 3 rings (SSSR count). The first-order chi connectivity index (χ1) is 17.3. The molecule has 0 aliphatic carbocycles. The fourth-order valence-corrected chi connectivity index (χ4v) is 3.59. The van der Waals surface area contributed by atoms with Crippen LogP contribution in [0.15, 0.2) is 65.5 Å². The van der Waals surface area contributed by atoms with E-state index in [4.69, 9.17) is 9.84 Å². The molecule has 0 radical (unpaired) electrons. The van der Waals surface area contributed by atoms with Gasteiger partial charge in [0, 0.05) is 24.7 Å². The number of unbranched alkanes of at least 4 members (excludes halogenated alkanes) is 2. The molecule has 0 bridgehead atoms. The number of hydrogen-bond acceptors (Lipinski definition) is 6. The van der Waals surface area contributed by atoms with Gasteiger partial charge in [0.15, 0.2) is 5.78 Å². The topological polar surface area (TPSA) is 98.5 Å². The Hall–Kier alpha value is -3.58. The first kappa shape index (κ1) is 28.7. The number of aromatic nitrogens is 2. The lowest BCUT2D eigenvalue weighted by Crippen LogP contribution is -2.23. The summed E-state index contributed by atoms with van der Waals surface area (Å²) in [5, 5.41) is 12.8. The van der Waals surface area contributed by atoms with Gasteiger partial charge in [0.2, 0.25) is 0 Å². The van der Waals surface area contributed by atoms with Crippen LogP contribution in [-0.2, 0) is 22.5 Å². The normalized spacial score (nSPS) is 10.3. The lowest BCUT2D eigenvalue weighted by atomic mass is 10.0. The summed E-state index contributed by atoms with van der Waals surface area (Å²) >= 11 is 0. The van der Waals surface area contributed by atoms with Crippen molar-refractivity contribution in [3.05, 3.63) is 99.0 Å². The van der Waals surface area contributed by atoms with Gasteiger partial charge in [-0.25, -0.2) is 4.68 Å². The molecule has 36 heavy (non-hydrogen) atoms. The summed E-state index contributed by atoms with van der Waals surface area (Å²) in [6.45, 7) is 6.59. The van der Waals surface area contributed by atoms with Gasteiger partial charge in [-0.15, -0.1) is 0 Å². The molecule has 0 saturated carbocycles. The van der Waals surface area contributed by atoms with Crippen molar-refractivity contribution in [1.29, 1.82) is 0 Å². The highest BCUT2D eigenvalue weighted by Crippen LogP contribution is 2.10. The second kappa shape index (κ2) is 15.4. The number of nitrogens with zero attached hydrogens (tertiary/aromatic N) is 2. The molecule has 0 unspecified atom stereocenters. The third-order valence-corrected chi connectivity index (χ3v) is 5.38. The number of aryl methyl sites for hydroxylation is 2. The molecule has 0 fully saturated rings. The predicted octanol–water partition coefficient (Wildman–Crippen LogP) is 4.44. The van der Waals surface area contributed by atoms with Crippen molar-refractivity contribution in [2.24, 2.45) is 0 Å². The van der Waals surface area contributed by atoms with E-state index in [2.05, 4.69) is 5.10 Å². The van der Waals surface area contributed by atoms with Crippen LogP contribution in [0.5, 0.6) is 0 Å². The van der Waals surface area contributed by atoms with Crippen molar-refractivity contribution < 1.29 is 19.4 Å². The number of carbonyl (C=O) groups excluding carboxylic acids is 2. The average Bonchev–Trinajstić information content (AvgIpc) is 2.85. The van der Waals surface area contributed by atoms with Gasteiger partial charge in [-0.1, -0.05) is 54.4 Å². The number of ketones is 1. The highest BCUT2D eigenvalue weighted by atomic mass is 16.5. The van der Waals surface area contributed by atoms with Gasteiger partial charge in [0.05, 0.1) is 25.3 Å². The molecule has 2 aromatic carbocycles. The molecule has 0 aliphatic heterocycles. The summed E-state index contributed by atoms with van der Waals surface area (Å²) in [5.41, 5.74) is 4.37. The Bertz CT molecular complexity index is 1190. The highest BCUT2D eigenvalue weighted by molar-refractivity contribution is 5.96. The van der Waals surface area contributed by atoms with Crippen molar-refractivity contribution in [2.45, 2.75) is 59.4 Å². The minimum Gasteiger partial charge on any atom is -0.466 e. The third kappa shape index (κ3) is 10.4. The molecule has 192 valence electrons. The molecule has 0 amide bonds. The Morgan fingerprint density at radius 3 is 2.42 bits per heavy atom. The zero-order valence-electron chi connectivity index (χ0n) is 21.4. The fraction of sp³-hybridized carbons (Fsp3) is 0.379. The Morgan fingerprint density at radius 1 is 0.944 bits per heavy atom. The van der Waals surface area contributed by atoms with Crippen molar-refractivity contribution in [3.8, 4) is 0 Å². The Labute approximate surface area is 212 Å². The molecule has 0 atom stereocenters. The van der Waals surface area contributed by atoms with E-state index in [9.17, 15) is 14.4 Å². The van der Waals surface area contributed by atoms with Crippen LogP contribution in [0.1, 0.15) is 65.3 Å². The van der Waals surface area contributed by atoms with Gasteiger partial charge < -0.3 is 9.84 Å². The van der Waals surface area contributed by atoms with E-state index in [1.54, 1.807) is 13.0 Å². The van der Waals surface area contributed by atoms with Crippen LogP contribution < -0.4 is 5.56 Å². The largest absolute Gasteiger partial charge is 0.466 e. The maximum atomic E-state index is 11.7. The Balaban J connectivity index is 0.000000269. The molecule has 1 N–H and O–H groups in total. The minimum absolute atomic E-state index is 0.142. The quantitative estimate of drug-likeness (QED) is 0.241. The van der Waals surface area contributed by atoms with Crippen LogP contribution in [0.4, 0.5) is 0 Å². The lowest BCUT2D eigenvalue weighted by molar-refractivity contribution is -0.142. The van der Waals surface area contributed by atoms with Crippen molar-refractivity contribution >= 4 is 11.8 Å². The SMILES string of the molecule is CCOC(=O)Cc1cccc(Cn2nc(C)ccc2=O)c1.Cc1cccc(C(=O)CCCCCO)c1. The number of rotatable bonds is 11. The summed E-state index contributed by atoms with van der Waals surface area (Å²) in [5.74, 6) is -0.0443. The molecule has 1 aromatic heterocycles.